The molecule has 1 fully saturated rings. The van der Waals surface area contributed by atoms with E-state index < -0.39 is 23.4 Å². The standard InChI is InChI=1S/C33H22Cl2N2O3/c34-21-15-16-26-20(18-21)14-17-27-33(23-11-5-7-13-25(23)36-32(33)40)28(31(39)22-10-4-6-12-24(22)35)29(37(26)27)30(38)19-8-2-1-3-9-19/h1-18,27-29H,(H,36,40)/t27-,28+,29-,33-/m1/s1. The number of anilines is 2. The number of Topliss-reactive ketones (excluding diaryl/α,β-unsaturated/α-hetero) is 2. The van der Waals surface area contributed by atoms with Crippen LogP contribution in [0.3, 0.4) is 0 Å². The Morgan fingerprint density at radius 2 is 1.55 bits per heavy atom. The van der Waals surface area contributed by atoms with Crippen molar-refractivity contribution in [3.8, 4) is 0 Å². The van der Waals surface area contributed by atoms with E-state index in [0.29, 0.717) is 21.8 Å². The number of hydrogen-bond donors (Lipinski definition) is 1. The van der Waals surface area contributed by atoms with Gasteiger partial charge in [-0.1, -0.05) is 96.0 Å². The van der Waals surface area contributed by atoms with Gasteiger partial charge < -0.3 is 10.2 Å². The summed E-state index contributed by atoms with van der Waals surface area (Å²) < 4.78 is 0. The van der Waals surface area contributed by atoms with E-state index in [1.165, 1.54) is 0 Å². The average molecular weight is 565 g/mol. The number of fused-ring (bicyclic) bond motifs is 6. The second-order valence-corrected chi connectivity index (χ2v) is 11.1. The summed E-state index contributed by atoms with van der Waals surface area (Å²) in [5.41, 5.74) is 2.20. The van der Waals surface area contributed by atoms with Crippen LogP contribution in [-0.4, -0.2) is 29.6 Å². The zero-order valence-corrected chi connectivity index (χ0v) is 22.6. The lowest BCUT2D eigenvalue weighted by molar-refractivity contribution is -0.121. The van der Waals surface area contributed by atoms with Crippen LogP contribution >= 0.6 is 23.2 Å². The Morgan fingerprint density at radius 3 is 2.35 bits per heavy atom. The van der Waals surface area contributed by atoms with E-state index in [-0.39, 0.29) is 28.1 Å². The Kier molecular flexibility index (Phi) is 5.70. The number of nitrogens with zero attached hydrogens (tertiary/aromatic N) is 1. The summed E-state index contributed by atoms with van der Waals surface area (Å²) in [6.07, 6.45) is 3.84. The van der Waals surface area contributed by atoms with Crippen molar-refractivity contribution < 1.29 is 14.4 Å². The third-order valence-electron chi connectivity index (χ3n) is 8.34. The molecule has 1 amide bonds. The number of carbonyl (C=O) groups is 3. The van der Waals surface area contributed by atoms with E-state index >= 15 is 0 Å². The molecule has 1 saturated heterocycles. The molecule has 0 aromatic heterocycles. The summed E-state index contributed by atoms with van der Waals surface area (Å²) in [5.74, 6) is -2.01. The molecule has 0 aliphatic carbocycles. The van der Waals surface area contributed by atoms with Crippen LogP contribution in [0.1, 0.15) is 31.8 Å². The highest BCUT2D eigenvalue weighted by Gasteiger charge is 2.70. The van der Waals surface area contributed by atoms with E-state index in [2.05, 4.69) is 5.32 Å². The maximum absolute atomic E-state index is 14.8. The Hall–Kier alpha value is -4.19. The molecular formula is C33H22Cl2N2O3. The molecule has 3 aliphatic heterocycles. The van der Waals surface area contributed by atoms with Crippen molar-refractivity contribution in [3.63, 3.8) is 0 Å². The van der Waals surface area contributed by atoms with Crippen molar-refractivity contribution in [2.24, 2.45) is 5.92 Å². The molecule has 7 rings (SSSR count). The van der Waals surface area contributed by atoms with Gasteiger partial charge in [0.1, 0.15) is 11.5 Å². The third kappa shape index (κ3) is 3.38. The number of carbonyl (C=O) groups excluding carboxylic acids is 3. The first-order valence-corrected chi connectivity index (χ1v) is 13.7. The van der Waals surface area contributed by atoms with Gasteiger partial charge in [-0.3, -0.25) is 14.4 Å². The number of nitrogens with one attached hydrogen (secondary N) is 1. The molecule has 40 heavy (non-hydrogen) atoms. The molecule has 0 bridgehead atoms. The fourth-order valence-electron chi connectivity index (χ4n) is 6.75. The summed E-state index contributed by atoms with van der Waals surface area (Å²) in [6.45, 7) is 0. The molecule has 1 N–H and O–H groups in total. The van der Waals surface area contributed by atoms with Crippen LogP contribution in [0.25, 0.3) is 6.08 Å². The summed E-state index contributed by atoms with van der Waals surface area (Å²) in [6, 6.07) is 26.9. The molecule has 7 heteroatoms. The van der Waals surface area contributed by atoms with E-state index in [9.17, 15) is 14.4 Å². The second-order valence-electron chi connectivity index (χ2n) is 10.3. The van der Waals surface area contributed by atoms with E-state index in [1.807, 2.05) is 59.5 Å². The number of para-hydroxylation sites is 1. The fourth-order valence-corrected chi connectivity index (χ4v) is 7.16. The molecule has 4 atom stereocenters. The van der Waals surface area contributed by atoms with Gasteiger partial charge in [0.25, 0.3) is 0 Å². The number of rotatable bonds is 4. The molecule has 196 valence electrons. The lowest BCUT2D eigenvalue weighted by Gasteiger charge is -2.37. The summed E-state index contributed by atoms with van der Waals surface area (Å²) >= 11 is 12.9. The Labute approximate surface area is 241 Å². The first kappa shape index (κ1) is 24.8. The lowest BCUT2D eigenvalue weighted by Crippen LogP contribution is -2.51. The summed E-state index contributed by atoms with van der Waals surface area (Å²) in [5, 5.41) is 3.85. The van der Waals surface area contributed by atoms with Gasteiger partial charge in [0, 0.05) is 27.5 Å². The fraction of sp³-hybridized carbons (Fsp3) is 0.121. The molecule has 0 saturated carbocycles. The summed E-state index contributed by atoms with van der Waals surface area (Å²) in [7, 11) is 0. The van der Waals surface area contributed by atoms with Crippen molar-refractivity contribution in [1.29, 1.82) is 0 Å². The number of benzene rings is 4. The smallest absolute Gasteiger partial charge is 0.238 e. The largest absolute Gasteiger partial charge is 0.352 e. The minimum Gasteiger partial charge on any atom is -0.352 e. The Bertz CT molecular complexity index is 1750. The topological polar surface area (TPSA) is 66.5 Å². The third-order valence-corrected chi connectivity index (χ3v) is 8.91. The van der Waals surface area contributed by atoms with Gasteiger partial charge in [-0.05, 0) is 47.5 Å². The molecule has 0 unspecified atom stereocenters. The molecule has 5 nitrogen and oxygen atoms in total. The Balaban J connectivity index is 1.56. The van der Waals surface area contributed by atoms with Crippen molar-refractivity contribution in [1.82, 2.24) is 0 Å². The minimum atomic E-state index is -1.39. The van der Waals surface area contributed by atoms with Crippen molar-refractivity contribution in [3.05, 3.63) is 135 Å². The van der Waals surface area contributed by atoms with Gasteiger partial charge in [-0.2, -0.15) is 0 Å². The maximum Gasteiger partial charge on any atom is 0.238 e. The predicted molar refractivity (Wildman–Crippen MR) is 157 cm³/mol. The van der Waals surface area contributed by atoms with Gasteiger partial charge in [0.05, 0.1) is 17.0 Å². The first-order valence-electron chi connectivity index (χ1n) is 13.0. The highest BCUT2D eigenvalue weighted by molar-refractivity contribution is 6.34. The molecule has 3 aliphatic rings. The predicted octanol–water partition coefficient (Wildman–Crippen LogP) is 6.85. The van der Waals surface area contributed by atoms with Crippen molar-refractivity contribution in [2.45, 2.75) is 17.5 Å². The van der Waals surface area contributed by atoms with Crippen LogP contribution in [0.4, 0.5) is 11.4 Å². The molecule has 1 spiro atoms. The van der Waals surface area contributed by atoms with Gasteiger partial charge in [-0.15, -0.1) is 0 Å². The number of hydrogen-bond acceptors (Lipinski definition) is 4. The number of amides is 1. The monoisotopic (exact) mass is 564 g/mol. The second kappa shape index (κ2) is 9.19. The average Bonchev–Trinajstić information content (AvgIpc) is 3.45. The Morgan fingerprint density at radius 1 is 0.825 bits per heavy atom. The van der Waals surface area contributed by atoms with Crippen LogP contribution in [0.2, 0.25) is 10.0 Å². The molecule has 0 radical (unpaired) electrons. The van der Waals surface area contributed by atoms with E-state index in [1.54, 1.807) is 54.6 Å². The van der Waals surface area contributed by atoms with Crippen LogP contribution in [0, 0.1) is 5.92 Å². The van der Waals surface area contributed by atoms with E-state index in [4.69, 9.17) is 23.2 Å². The molecule has 4 aromatic carbocycles. The zero-order valence-electron chi connectivity index (χ0n) is 21.1. The SMILES string of the molecule is O=C(c1ccccc1Cl)[C@@H]1[C@H](C(=O)c2ccccc2)N2c3ccc(Cl)cc3C=C[C@@H]2[C@@]12C(=O)Nc1ccccc12. The number of ketones is 2. The van der Waals surface area contributed by atoms with Crippen molar-refractivity contribution in [2.75, 3.05) is 10.2 Å². The molecule has 4 aromatic rings. The van der Waals surface area contributed by atoms with Crippen LogP contribution in [0.5, 0.6) is 0 Å². The molecule has 3 heterocycles. The normalized spacial score (nSPS) is 23.9. The quantitative estimate of drug-likeness (QED) is 0.275. The van der Waals surface area contributed by atoms with Gasteiger partial charge >= 0.3 is 0 Å². The lowest BCUT2D eigenvalue weighted by atomic mass is 9.64. The van der Waals surface area contributed by atoms with Crippen molar-refractivity contribution >= 4 is 58.1 Å². The van der Waals surface area contributed by atoms with Gasteiger partial charge in [0.15, 0.2) is 11.6 Å². The number of halogens is 2. The minimum absolute atomic E-state index is 0.249. The van der Waals surface area contributed by atoms with E-state index in [0.717, 1.165) is 11.3 Å². The molecular weight excluding hydrogens is 543 g/mol. The van der Waals surface area contributed by atoms with Crippen LogP contribution < -0.4 is 10.2 Å². The first-order chi connectivity index (χ1) is 19.4. The van der Waals surface area contributed by atoms with Gasteiger partial charge in [-0.25, -0.2) is 0 Å². The highest BCUT2D eigenvalue weighted by atomic mass is 35.5. The van der Waals surface area contributed by atoms with Crippen LogP contribution in [0.15, 0.2) is 103 Å². The van der Waals surface area contributed by atoms with Crippen LogP contribution in [-0.2, 0) is 10.2 Å². The zero-order chi connectivity index (χ0) is 27.6. The van der Waals surface area contributed by atoms with Gasteiger partial charge in [0.2, 0.25) is 5.91 Å². The summed E-state index contributed by atoms with van der Waals surface area (Å²) in [4.78, 5) is 45.6. The highest BCUT2D eigenvalue weighted by Crippen LogP contribution is 2.58. The maximum atomic E-state index is 14.8.